The highest BCUT2D eigenvalue weighted by atomic mass is 16.5. The second-order valence-corrected chi connectivity index (χ2v) is 7.50. The summed E-state index contributed by atoms with van der Waals surface area (Å²) in [4.78, 5) is 28.8. The molecule has 3 rings (SSSR count). The van der Waals surface area contributed by atoms with Gasteiger partial charge in [-0.3, -0.25) is 9.59 Å². The van der Waals surface area contributed by atoms with E-state index < -0.39 is 0 Å². The van der Waals surface area contributed by atoms with E-state index in [1.165, 1.54) is 0 Å². The Morgan fingerprint density at radius 2 is 1.90 bits per heavy atom. The van der Waals surface area contributed by atoms with Crippen LogP contribution in [-0.4, -0.2) is 23.8 Å². The summed E-state index contributed by atoms with van der Waals surface area (Å²) in [6.45, 7) is 6.29. The topological polar surface area (TPSA) is 71.2 Å². The van der Waals surface area contributed by atoms with Gasteiger partial charge in [0, 0.05) is 45.7 Å². The van der Waals surface area contributed by atoms with E-state index in [1.54, 1.807) is 13.2 Å². The van der Waals surface area contributed by atoms with Crippen LogP contribution in [0.25, 0.3) is 10.9 Å². The van der Waals surface area contributed by atoms with Gasteiger partial charge in [0.1, 0.15) is 5.75 Å². The van der Waals surface area contributed by atoms with Gasteiger partial charge in [-0.1, -0.05) is 51.5 Å². The lowest BCUT2D eigenvalue weighted by atomic mass is 9.96. The molecule has 0 spiro atoms. The maximum Gasteiger partial charge on any atom is 0.251 e. The number of carbonyl (C=O) groups excluding carboxylic acids is 2. The van der Waals surface area contributed by atoms with Gasteiger partial charge in [0.05, 0.1) is 7.11 Å². The molecule has 1 aromatic heterocycles. The number of rotatable bonds is 8. The second-order valence-electron chi connectivity index (χ2n) is 7.50. The highest BCUT2D eigenvalue weighted by molar-refractivity contribution is 6.11. The summed E-state index contributed by atoms with van der Waals surface area (Å²) in [6, 6.07) is 13.1. The lowest BCUT2D eigenvalue weighted by Gasteiger charge is -2.10. The Labute approximate surface area is 171 Å². The van der Waals surface area contributed by atoms with Gasteiger partial charge in [-0.25, -0.2) is 0 Å². The summed E-state index contributed by atoms with van der Waals surface area (Å²) >= 11 is 0. The van der Waals surface area contributed by atoms with Crippen LogP contribution >= 0.6 is 0 Å². The molecule has 1 heterocycles. The van der Waals surface area contributed by atoms with Crippen molar-refractivity contribution in [3.8, 4) is 5.75 Å². The number of benzene rings is 2. The third kappa shape index (κ3) is 4.34. The monoisotopic (exact) mass is 392 g/mol. The first-order valence-corrected chi connectivity index (χ1v) is 10.0. The molecule has 29 heavy (non-hydrogen) atoms. The van der Waals surface area contributed by atoms with Gasteiger partial charge in [-0.15, -0.1) is 0 Å². The number of amides is 1. The molecule has 0 fully saturated rings. The predicted molar refractivity (Wildman–Crippen MR) is 116 cm³/mol. The fraction of sp³-hybridized carbons (Fsp3) is 0.333. The molecule has 3 aromatic rings. The Bertz CT molecular complexity index is 1030. The average Bonchev–Trinajstić information content (AvgIpc) is 3.08. The number of carbonyl (C=O) groups is 2. The van der Waals surface area contributed by atoms with Crippen molar-refractivity contribution in [1.29, 1.82) is 0 Å². The number of ketones is 1. The van der Waals surface area contributed by atoms with Crippen LogP contribution in [0.4, 0.5) is 0 Å². The fourth-order valence-electron chi connectivity index (χ4n) is 3.53. The van der Waals surface area contributed by atoms with Gasteiger partial charge in [0.15, 0.2) is 5.78 Å². The minimum absolute atomic E-state index is 0.0755. The molecule has 0 unspecified atom stereocenters. The number of hydrogen-bond acceptors (Lipinski definition) is 3. The van der Waals surface area contributed by atoms with Gasteiger partial charge in [-0.05, 0) is 24.6 Å². The summed E-state index contributed by atoms with van der Waals surface area (Å²) in [7, 11) is 1.61. The molecule has 0 atom stereocenters. The van der Waals surface area contributed by atoms with Crippen molar-refractivity contribution in [2.45, 2.75) is 40.2 Å². The Morgan fingerprint density at radius 3 is 2.59 bits per heavy atom. The molecule has 2 N–H and O–H groups in total. The first-order valence-electron chi connectivity index (χ1n) is 10.0. The van der Waals surface area contributed by atoms with Crippen molar-refractivity contribution in [3.05, 3.63) is 64.8 Å². The summed E-state index contributed by atoms with van der Waals surface area (Å²) < 4.78 is 5.33. The number of aromatic nitrogens is 1. The number of para-hydroxylation sites is 1. The van der Waals surface area contributed by atoms with Crippen molar-refractivity contribution in [2.75, 3.05) is 7.11 Å². The number of fused-ring (bicyclic) bond motifs is 1. The van der Waals surface area contributed by atoms with Gasteiger partial charge < -0.3 is 15.0 Å². The van der Waals surface area contributed by atoms with Crippen LogP contribution in [0.3, 0.4) is 0 Å². The quantitative estimate of drug-likeness (QED) is 0.536. The van der Waals surface area contributed by atoms with Crippen LogP contribution in [0.5, 0.6) is 5.75 Å². The number of methoxy groups -OCH3 is 1. The lowest BCUT2D eigenvalue weighted by Crippen LogP contribution is -2.23. The number of aryl methyl sites for hydroxylation is 1. The molecule has 0 radical (unpaired) electrons. The first kappa shape index (κ1) is 20.6. The Balaban J connectivity index is 1.87. The zero-order valence-corrected chi connectivity index (χ0v) is 17.5. The van der Waals surface area contributed by atoms with Gasteiger partial charge >= 0.3 is 0 Å². The molecule has 152 valence electrons. The zero-order chi connectivity index (χ0) is 21.0. The van der Waals surface area contributed by atoms with Crippen LogP contribution < -0.4 is 10.1 Å². The van der Waals surface area contributed by atoms with E-state index in [1.807, 2.05) is 50.2 Å². The first-order chi connectivity index (χ1) is 14.0. The van der Waals surface area contributed by atoms with E-state index in [0.717, 1.165) is 46.3 Å². The largest absolute Gasteiger partial charge is 0.496 e. The van der Waals surface area contributed by atoms with Crippen molar-refractivity contribution in [3.63, 3.8) is 0 Å². The highest BCUT2D eigenvalue weighted by Gasteiger charge is 2.21. The molecule has 0 bridgehead atoms. The van der Waals surface area contributed by atoms with Crippen molar-refractivity contribution >= 4 is 22.6 Å². The fourth-order valence-corrected chi connectivity index (χ4v) is 3.53. The average molecular weight is 392 g/mol. The van der Waals surface area contributed by atoms with Gasteiger partial charge in [-0.2, -0.15) is 0 Å². The van der Waals surface area contributed by atoms with E-state index >= 15 is 0 Å². The number of H-pyrrole nitrogens is 1. The van der Waals surface area contributed by atoms with E-state index in [2.05, 4.69) is 17.2 Å². The SMILES string of the molecule is CCCc1[nH]c2cc(C(=O)NCc3ccccc3OC)ccc2c1C(=O)C(C)C. The van der Waals surface area contributed by atoms with Gasteiger partial charge in [0.25, 0.3) is 5.91 Å². The third-order valence-corrected chi connectivity index (χ3v) is 5.04. The Kier molecular flexibility index (Phi) is 6.37. The van der Waals surface area contributed by atoms with E-state index in [9.17, 15) is 9.59 Å². The summed E-state index contributed by atoms with van der Waals surface area (Å²) in [5, 5.41) is 3.83. The summed E-state index contributed by atoms with van der Waals surface area (Å²) in [5.74, 6) is 0.636. The predicted octanol–water partition coefficient (Wildman–Crippen LogP) is 4.90. The number of hydrogen-bond donors (Lipinski definition) is 2. The minimum atomic E-state index is -0.166. The van der Waals surface area contributed by atoms with E-state index in [4.69, 9.17) is 4.74 Å². The van der Waals surface area contributed by atoms with Crippen LogP contribution in [0.2, 0.25) is 0 Å². The molecule has 5 nitrogen and oxygen atoms in total. The van der Waals surface area contributed by atoms with Crippen molar-refractivity contribution in [1.82, 2.24) is 10.3 Å². The smallest absolute Gasteiger partial charge is 0.251 e. The maximum absolute atomic E-state index is 12.7. The molecular formula is C24H28N2O3. The van der Waals surface area contributed by atoms with Crippen molar-refractivity contribution < 1.29 is 14.3 Å². The summed E-state index contributed by atoms with van der Waals surface area (Å²) in [5.41, 5.74) is 4.01. The normalized spacial score (nSPS) is 11.1. The molecule has 2 aromatic carbocycles. The van der Waals surface area contributed by atoms with Crippen LogP contribution in [0, 0.1) is 5.92 Å². The molecule has 0 aliphatic rings. The number of Topliss-reactive ketones (excluding diaryl/α,β-unsaturated/α-hetero) is 1. The second kappa shape index (κ2) is 8.95. The zero-order valence-electron chi connectivity index (χ0n) is 17.5. The molecular weight excluding hydrogens is 364 g/mol. The number of nitrogens with one attached hydrogen (secondary N) is 2. The molecule has 0 saturated carbocycles. The van der Waals surface area contributed by atoms with Crippen LogP contribution in [0.1, 0.15) is 59.2 Å². The Morgan fingerprint density at radius 1 is 1.14 bits per heavy atom. The minimum Gasteiger partial charge on any atom is -0.496 e. The molecule has 1 amide bonds. The third-order valence-electron chi connectivity index (χ3n) is 5.04. The van der Waals surface area contributed by atoms with E-state index in [-0.39, 0.29) is 17.6 Å². The number of aromatic amines is 1. The van der Waals surface area contributed by atoms with E-state index in [0.29, 0.717) is 12.1 Å². The molecule has 0 saturated heterocycles. The molecule has 5 heteroatoms. The highest BCUT2D eigenvalue weighted by Crippen LogP contribution is 2.27. The summed E-state index contributed by atoms with van der Waals surface area (Å²) in [6.07, 6.45) is 1.75. The standard InChI is InChI=1S/C24H28N2O3/c1-5-8-19-22(23(27)15(2)3)18-12-11-16(13-20(18)26-19)24(28)25-14-17-9-6-7-10-21(17)29-4/h6-7,9-13,15,26H,5,8,14H2,1-4H3,(H,25,28). The Hall–Kier alpha value is -3.08. The molecule has 0 aliphatic heterocycles. The van der Waals surface area contributed by atoms with Crippen LogP contribution in [0.15, 0.2) is 42.5 Å². The lowest BCUT2D eigenvalue weighted by molar-refractivity contribution is 0.0936. The maximum atomic E-state index is 12.7. The van der Waals surface area contributed by atoms with Crippen molar-refractivity contribution in [2.24, 2.45) is 5.92 Å². The number of ether oxygens (including phenoxy) is 1. The van der Waals surface area contributed by atoms with Crippen LogP contribution in [-0.2, 0) is 13.0 Å². The molecule has 0 aliphatic carbocycles. The van der Waals surface area contributed by atoms with Gasteiger partial charge in [0.2, 0.25) is 0 Å².